The molecule has 0 aromatic carbocycles. The van der Waals surface area contributed by atoms with Crippen LogP contribution in [0.25, 0.3) is 0 Å². The standard InChI is InChI=1S/C9H19NO.2C9H19N.C8H18N2.C8H17N.C7H15N.CH4/c1-9(2,3)10-5-4-7-11-8-6-10;2*1-9(2,3)10-7-5-4-6-8-10;1-8(2,3)10-6-4-9-5-7-10;1-8(2,3)9-6-4-5-7-9;1-7(2,3)8-5-4-6-8;/h4-8H2,1-3H3;2*4-8H2,1-3H3;9H,4-7H2,1-3H3;4-7H2,1-3H3;4-6H2,1-3H3;1H4. The first kappa shape index (κ1) is 58.7. The van der Waals surface area contributed by atoms with E-state index in [1.807, 2.05) is 0 Å². The van der Waals surface area contributed by atoms with Gasteiger partial charge >= 0.3 is 0 Å². The SMILES string of the molecule is C.CC(C)(C)N1CCC1.CC(C)(C)N1CCCC1.CC(C)(C)N1CCCCC1.CC(C)(C)N1CCCCC1.CC(C)(C)N1CCCOCC1.CC(C)(C)N1CCNCC1. The predicted octanol–water partition coefficient (Wildman–Crippen LogP) is 10.7. The van der Waals surface area contributed by atoms with E-state index >= 15 is 0 Å². The second kappa shape index (κ2) is 27.8. The Balaban J connectivity index is 0.000000683. The summed E-state index contributed by atoms with van der Waals surface area (Å²) in [4.78, 5) is 15.2. The van der Waals surface area contributed by atoms with Gasteiger partial charge in [-0.2, -0.15) is 0 Å². The number of hydrogen-bond donors (Lipinski definition) is 1. The van der Waals surface area contributed by atoms with Crippen LogP contribution >= 0.6 is 0 Å². The van der Waals surface area contributed by atoms with Crippen LogP contribution in [0.3, 0.4) is 0 Å². The van der Waals surface area contributed by atoms with Crippen LogP contribution < -0.4 is 5.32 Å². The summed E-state index contributed by atoms with van der Waals surface area (Å²) in [6.45, 7) is 60.4. The Kier molecular flexibility index (Phi) is 27.6. The largest absolute Gasteiger partial charge is 0.380 e. The molecule has 0 amide bonds. The van der Waals surface area contributed by atoms with Crippen molar-refractivity contribution in [2.45, 2.75) is 229 Å². The maximum atomic E-state index is 5.38. The lowest BCUT2D eigenvalue weighted by Crippen LogP contribution is -2.51. The number of nitrogens with one attached hydrogen (secondary N) is 1. The Morgan fingerprint density at radius 1 is 0.271 bits per heavy atom. The van der Waals surface area contributed by atoms with E-state index in [1.165, 1.54) is 136 Å². The summed E-state index contributed by atoms with van der Waals surface area (Å²) in [5, 5.41) is 3.35. The Morgan fingerprint density at radius 2 is 0.508 bits per heavy atom. The van der Waals surface area contributed by atoms with Crippen LogP contribution in [-0.2, 0) is 4.74 Å². The van der Waals surface area contributed by atoms with Crippen LogP contribution in [0, 0.1) is 0 Å². The molecule has 0 atom stereocenters. The minimum absolute atomic E-state index is 0. The molecular weight excluding hydrogens is 727 g/mol. The zero-order chi connectivity index (χ0) is 44.3. The second-order valence-electron chi connectivity index (χ2n) is 23.8. The molecule has 356 valence electrons. The summed E-state index contributed by atoms with van der Waals surface area (Å²) in [5.41, 5.74) is 2.32. The van der Waals surface area contributed by atoms with E-state index < -0.39 is 0 Å². The fraction of sp³-hybridized carbons (Fsp3) is 1.00. The minimum atomic E-state index is 0. The highest BCUT2D eigenvalue weighted by atomic mass is 16.5. The van der Waals surface area contributed by atoms with Crippen molar-refractivity contribution < 1.29 is 4.74 Å². The van der Waals surface area contributed by atoms with Gasteiger partial charge in [0.15, 0.2) is 0 Å². The van der Waals surface area contributed by atoms with Crippen LogP contribution in [0.1, 0.15) is 196 Å². The number of hydrogen-bond acceptors (Lipinski definition) is 8. The van der Waals surface area contributed by atoms with Crippen LogP contribution in [0.15, 0.2) is 0 Å². The average Bonchev–Trinajstić information content (AvgIpc) is 3.51. The van der Waals surface area contributed by atoms with E-state index in [0.717, 1.165) is 32.8 Å². The lowest BCUT2D eigenvalue weighted by atomic mass is 10.0. The van der Waals surface area contributed by atoms with Gasteiger partial charge in [0.1, 0.15) is 0 Å². The molecule has 0 bridgehead atoms. The molecule has 0 aromatic rings. The average molecular weight is 838 g/mol. The molecule has 6 aliphatic heterocycles. The molecule has 6 saturated heterocycles. The third kappa shape index (κ3) is 26.8. The van der Waals surface area contributed by atoms with E-state index in [2.05, 4.69) is 159 Å². The molecule has 8 heteroatoms. The minimum Gasteiger partial charge on any atom is -0.380 e. The smallest absolute Gasteiger partial charge is 0.0593 e. The molecule has 0 unspecified atom stereocenters. The monoisotopic (exact) mass is 838 g/mol. The van der Waals surface area contributed by atoms with Crippen molar-refractivity contribution in [1.82, 2.24) is 34.7 Å². The zero-order valence-electron chi connectivity index (χ0n) is 43.0. The van der Waals surface area contributed by atoms with Crippen molar-refractivity contribution in [2.24, 2.45) is 0 Å². The Morgan fingerprint density at radius 3 is 0.746 bits per heavy atom. The first-order valence-corrected chi connectivity index (χ1v) is 24.4. The highest BCUT2D eigenvalue weighted by Crippen LogP contribution is 2.22. The van der Waals surface area contributed by atoms with Gasteiger partial charge < -0.3 is 10.1 Å². The van der Waals surface area contributed by atoms with Crippen LogP contribution in [0.2, 0.25) is 0 Å². The highest BCUT2D eigenvalue weighted by molar-refractivity contribution is 4.83. The molecule has 0 aromatic heterocycles. The number of likely N-dealkylation sites (tertiary alicyclic amines) is 4. The summed E-state index contributed by atoms with van der Waals surface area (Å²) in [6, 6.07) is 0. The number of ether oxygens (including phenoxy) is 1. The molecular formula is C51H111N7O. The van der Waals surface area contributed by atoms with Crippen molar-refractivity contribution >= 4 is 0 Å². The summed E-state index contributed by atoms with van der Waals surface area (Å²) < 4.78 is 5.38. The Hall–Kier alpha value is -0.320. The normalized spacial score (nSPS) is 22.7. The molecule has 0 saturated carbocycles. The third-order valence-electron chi connectivity index (χ3n) is 12.7. The Labute approximate surface area is 372 Å². The Bertz CT molecular complexity index is 921. The molecule has 8 nitrogen and oxygen atoms in total. The fourth-order valence-corrected chi connectivity index (χ4v) is 8.26. The van der Waals surface area contributed by atoms with Crippen molar-refractivity contribution in [3.8, 4) is 0 Å². The van der Waals surface area contributed by atoms with Gasteiger partial charge in [-0.25, -0.2) is 0 Å². The number of piperazine rings is 1. The number of nitrogens with zero attached hydrogens (tertiary/aromatic N) is 6. The lowest BCUT2D eigenvalue weighted by Gasteiger charge is -2.42. The molecule has 0 aliphatic carbocycles. The fourth-order valence-electron chi connectivity index (χ4n) is 8.26. The van der Waals surface area contributed by atoms with Crippen LogP contribution in [0.5, 0.6) is 0 Å². The van der Waals surface area contributed by atoms with E-state index in [1.54, 1.807) is 0 Å². The maximum absolute atomic E-state index is 5.38. The van der Waals surface area contributed by atoms with E-state index in [0.29, 0.717) is 33.2 Å². The van der Waals surface area contributed by atoms with Crippen LogP contribution in [-0.4, -0.2) is 167 Å². The number of piperidine rings is 2. The summed E-state index contributed by atoms with van der Waals surface area (Å²) in [7, 11) is 0. The van der Waals surface area contributed by atoms with Gasteiger partial charge in [0.05, 0.1) is 6.61 Å². The quantitative estimate of drug-likeness (QED) is 0.259. The summed E-state index contributed by atoms with van der Waals surface area (Å²) in [6.07, 6.45) is 13.9. The molecule has 1 N–H and O–H groups in total. The van der Waals surface area contributed by atoms with Gasteiger partial charge in [0.25, 0.3) is 0 Å². The van der Waals surface area contributed by atoms with E-state index in [4.69, 9.17) is 4.74 Å². The van der Waals surface area contributed by atoms with Crippen molar-refractivity contribution in [2.75, 3.05) is 105 Å². The van der Waals surface area contributed by atoms with Crippen LogP contribution in [0.4, 0.5) is 0 Å². The topological polar surface area (TPSA) is 40.7 Å². The van der Waals surface area contributed by atoms with Crippen molar-refractivity contribution in [3.05, 3.63) is 0 Å². The van der Waals surface area contributed by atoms with E-state index in [-0.39, 0.29) is 7.43 Å². The highest BCUT2D eigenvalue weighted by Gasteiger charge is 2.27. The number of rotatable bonds is 0. The zero-order valence-corrected chi connectivity index (χ0v) is 43.0. The molecule has 0 spiro atoms. The van der Waals surface area contributed by atoms with Gasteiger partial charge in [0.2, 0.25) is 0 Å². The molecule has 6 heterocycles. The van der Waals surface area contributed by atoms with E-state index in [9.17, 15) is 0 Å². The second-order valence-corrected chi connectivity index (χ2v) is 23.8. The first-order chi connectivity index (χ1) is 26.6. The summed E-state index contributed by atoms with van der Waals surface area (Å²) >= 11 is 0. The van der Waals surface area contributed by atoms with Crippen molar-refractivity contribution in [3.63, 3.8) is 0 Å². The third-order valence-corrected chi connectivity index (χ3v) is 12.7. The van der Waals surface area contributed by atoms with Gasteiger partial charge in [-0.05, 0) is 228 Å². The first-order valence-electron chi connectivity index (χ1n) is 24.4. The van der Waals surface area contributed by atoms with Gasteiger partial charge in [0, 0.05) is 79.1 Å². The molecule has 6 fully saturated rings. The lowest BCUT2D eigenvalue weighted by molar-refractivity contribution is 0.0690. The van der Waals surface area contributed by atoms with Gasteiger partial charge in [-0.3, -0.25) is 29.4 Å². The molecule has 59 heavy (non-hydrogen) atoms. The van der Waals surface area contributed by atoms with Gasteiger partial charge in [-0.15, -0.1) is 0 Å². The molecule has 6 aliphatic rings. The predicted molar refractivity (Wildman–Crippen MR) is 265 cm³/mol. The molecule has 6 rings (SSSR count). The summed E-state index contributed by atoms with van der Waals surface area (Å²) in [5.74, 6) is 0. The molecule has 0 radical (unpaired) electrons. The maximum Gasteiger partial charge on any atom is 0.0593 e. The van der Waals surface area contributed by atoms with Gasteiger partial charge in [-0.1, -0.05) is 20.3 Å². The van der Waals surface area contributed by atoms with Crippen molar-refractivity contribution in [1.29, 1.82) is 0 Å².